The Kier molecular flexibility index (Phi) is 5.64. The van der Waals surface area contributed by atoms with E-state index in [0.717, 1.165) is 12.1 Å². The van der Waals surface area contributed by atoms with Crippen LogP contribution < -0.4 is 0 Å². The first-order valence-corrected chi connectivity index (χ1v) is 8.54. The number of hydrogen-bond acceptors (Lipinski definition) is 5. The van der Waals surface area contributed by atoms with Gasteiger partial charge in [-0.2, -0.15) is 0 Å². The summed E-state index contributed by atoms with van der Waals surface area (Å²) < 4.78 is 37.6. The molecule has 0 fully saturated rings. The first kappa shape index (κ1) is 21.5. The van der Waals surface area contributed by atoms with E-state index < -0.39 is 59.5 Å². The van der Waals surface area contributed by atoms with Gasteiger partial charge in [-0.25, -0.2) is 18.4 Å². The van der Waals surface area contributed by atoms with Gasteiger partial charge in [0.1, 0.15) is 6.10 Å². The van der Waals surface area contributed by atoms with E-state index in [1.165, 1.54) is 0 Å². The van der Waals surface area contributed by atoms with Crippen LogP contribution in [0.5, 0.6) is 0 Å². The highest BCUT2D eigenvalue weighted by Crippen LogP contribution is 2.51. The Morgan fingerprint density at radius 1 is 1.07 bits per heavy atom. The van der Waals surface area contributed by atoms with Crippen LogP contribution in [0.2, 0.25) is 0 Å². The van der Waals surface area contributed by atoms with Crippen molar-refractivity contribution >= 4 is 17.9 Å². The molecule has 0 bridgehead atoms. The van der Waals surface area contributed by atoms with Crippen molar-refractivity contribution in [2.24, 2.45) is 0 Å². The van der Waals surface area contributed by atoms with E-state index in [0.29, 0.717) is 11.1 Å². The number of carboxylic acids is 1. The molecule has 1 N–H and O–H groups in total. The number of rotatable bonds is 6. The number of esters is 2. The second-order valence-electron chi connectivity index (χ2n) is 7.88. The Morgan fingerprint density at radius 2 is 1.54 bits per heavy atom. The zero-order valence-corrected chi connectivity index (χ0v) is 16.1. The molecule has 1 aromatic carbocycles. The van der Waals surface area contributed by atoms with Crippen LogP contribution >= 0.6 is 0 Å². The number of aliphatic carboxylic acids is 1. The fourth-order valence-electron chi connectivity index (χ4n) is 3.74. The lowest BCUT2D eigenvalue weighted by atomic mass is 9.78. The zero-order valence-electron chi connectivity index (χ0n) is 16.1. The maximum absolute atomic E-state index is 13.8. The molecule has 0 unspecified atom stereocenters. The van der Waals surface area contributed by atoms with Gasteiger partial charge in [-0.05, 0) is 23.3 Å². The molecule has 1 aliphatic rings. The van der Waals surface area contributed by atoms with Gasteiger partial charge in [0, 0.05) is 16.4 Å². The molecule has 28 heavy (non-hydrogen) atoms. The monoisotopic (exact) mass is 396 g/mol. The highest BCUT2D eigenvalue weighted by molar-refractivity contribution is 5.94. The van der Waals surface area contributed by atoms with Crippen molar-refractivity contribution in [3.8, 4) is 0 Å². The van der Waals surface area contributed by atoms with Gasteiger partial charge < -0.3 is 14.6 Å². The molecule has 0 radical (unpaired) electrons. The van der Waals surface area contributed by atoms with Crippen molar-refractivity contribution in [1.82, 2.24) is 0 Å². The molecule has 0 heterocycles. The van der Waals surface area contributed by atoms with Gasteiger partial charge in [-0.15, -0.1) is 0 Å². The quantitative estimate of drug-likeness (QED) is 0.587. The minimum Gasteiger partial charge on any atom is -0.479 e. The van der Waals surface area contributed by atoms with Crippen molar-refractivity contribution in [3.63, 3.8) is 0 Å². The smallest absolute Gasteiger partial charge is 0.341 e. The number of hydrogen-bond donors (Lipinski definition) is 1. The summed E-state index contributed by atoms with van der Waals surface area (Å²) in [4.78, 5) is 34.4. The van der Waals surface area contributed by atoms with E-state index in [4.69, 9.17) is 9.84 Å². The van der Waals surface area contributed by atoms with Crippen LogP contribution in [-0.4, -0.2) is 35.7 Å². The molecule has 0 saturated heterocycles. The van der Waals surface area contributed by atoms with E-state index in [1.54, 1.807) is 27.7 Å². The van der Waals surface area contributed by atoms with Gasteiger partial charge in [-0.3, -0.25) is 4.79 Å². The predicted molar refractivity (Wildman–Crippen MR) is 94.6 cm³/mol. The predicted octanol–water partition coefficient (Wildman–Crippen LogP) is 3.02. The summed E-state index contributed by atoms with van der Waals surface area (Å²) in [5.74, 6) is -5.10. The van der Waals surface area contributed by atoms with Crippen LogP contribution in [0, 0.1) is 11.6 Å². The topological polar surface area (TPSA) is 89.9 Å². The molecule has 0 amide bonds. The average molecular weight is 396 g/mol. The largest absolute Gasteiger partial charge is 0.479 e. The highest BCUT2D eigenvalue weighted by atomic mass is 19.2. The maximum atomic E-state index is 13.8. The Hall–Kier alpha value is -2.77. The molecule has 0 aliphatic heterocycles. The average Bonchev–Trinajstić information content (AvgIpc) is 2.71. The minimum atomic E-state index is -1.34. The molecule has 152 valence electrons. The lowest BCUT2D eigenvalue weighted by Gasteiger charge is -2.35. The second kappa shape index (κ2) is 7.33. The molecule has 1 aliphatic carbocycles. The van der Waals surface area contributed by atoms with Crippen molar-refractivity contribution in [3.05, 3.63) is 47.0 Å². The standard InChI is InChI=1S/C20H22F2O6/c1-10(17(26)27-9-15(23)24)6-16(25)28-18-19(2,3)11-7-13(21)14(22)8-12(11)20(18,4)5/h7-8,18H,1,6,9H2,2-5H3,(H,23,24). The number of carbonyl (C=O) groups is 3. The van der Waals surface area contributed by atoms with E-state index >= 15 is 0 Å². The Morgan fingerprint density at radius 3 is 1.96 bits per heavy atom. The van der Waals surface area contributed by atoms with E-state index in [2.05, 4.69) is 11.3 Å². The van der Waals surface area contributed by atoms with Crippen molar-refractivity contribution in [2.75, 3.05) is 6.61 Å². The second-order valence-corrected chi connectivity index (χ2v) is 7.88. The summed E-state index contributed by atoms with van der Waals surface area (Å²) in [5, 5.41) is 8.50. The van der Waals surface area contributed by atoms with Crippen molar-refractivity contribution < 1.29 is 37.7 Å². The molecule has 0 atom stereocenters. The van der Waals surface area contributed by atoms with E-state index in [-0.39, 0.29) is 5.57 Å². The number of carboxylic acid groups (broad SMARTS) is 1. The molecular formula is C20H22F2O6. The van der Waals surface area contributed by atoms with Gasteiger partial charge in [0.2, 0.25) is 0 Å². The number of ether oxygens (including phenoxy) is 2. The fourth-order valence-corrected chi connectivity index (χ4v) is 3.74. The Bertz CT molecular complexity index is 815. The molecule has 1 aromatic rings. The molecule has 2 rings (SSSR count). The number of halogens is 2. The van der Waals surface area contributed by atoms with Crippen molar-refractivity contribution in [2.45, 2.75) is 51.0 Å². The summed E-state index contributed by atoms with van der Waals surface area (Å²) in [6.07, 6.45) is -1.26. The number of fused-ring (bicyclic) bond motifs is 1. The van der Waals surface area contributed by atoms with Gasteiger partial charge in [0.25, 0.3) is 0 Å². The third-order valence-electron chi connectivity index (χ3n) is 4.98. The first-order chi connectivity index (χ1) is 12.8. The van der Waals surface area contributed by atoms with Crippen LogP contribution in [0.3, 0.4) is 0 Å². The maximum Gasteiger partial charge on any atom is 0.341 e. The number of carbonyl (C=O) groups excluding carboxylic acids is 2. The van der Waals surface area contributed by atoms with Crippen LogP contribution in [0.1, 0.15) is 45.2 Å². The molecule has 0 saturated carbocycles. The summed E-state index contributed by atoms with van der Waals surface area (Å²) in [7, 11) is 0. The normalized spacial score (nSPS) is 16.9. The third kappa shape index (κ3) is 3.90. The molecule has 8 heteroatoms. The van der Waals surface area contributed by atoms with Crippen LogP contribution in [0.4, 0.5) is 8.78 Å². The molecule has 6 nitrogen and oxygen atoms in total. The first-order valence-electron chi connectivity index (χ1n) is 8.54. The van der Waals surface area contributed by atoms with Crippen LogP contribution in [0.25, 0.3) is 0 Å². The van der Waals surface area contributed by atoms with Gasteiger partial charge in [-0.1, -0.05) is 34.3 Å². The Balaban J connectivity index is 2.17. The summed E-state index contributed by atoms with van der Waals surface area (Å²) in [5.41, 5.74) is -0.806. The highest BCUT2D eigenvalue weighted by Gasteiger charge is 2.54. The van der Waals surface area contributed by atoms with Gasteiger partial charge in [0.05, 0.1) is 6.42 Å². The summed E-state index contributed by atoms with van der Waals surface area (Å²) in [6, 6.07) is 2.23. The van der Waals surface area contributed by atoms with Crippen LogP contribution in [0.15, 0.2) is 24.3 Å². The van der Waals surface area contributed by atoms with Crippen molar-refractivity contribution in [1.29, 1.82) is 0 Å². The number of benzene rings is 1. The van der Waals surface area contributed by atoms with E-state index in [1.807, 2.05) is 0 Å². The van der Waals surface area contributed by atoms with Crippen LogP contribution in [-0.2, 0) is 34.7 Å². The lowest BCUT2D eigenvalue weighted by Crippen LogP contribution is -2.43. The SMILES string of the molecule is C=C(CC(=O)OC1C(C)(C)c2cc(F)c(F)cc2C1(C)C)C(=O)OCC(=O)O. The lowest BCUT2D eigenvalue weighted by molar-refractivity contribution is -0.157. The zero-order chi connectivity index (χ0) is 21.4. The molecular weight excluding hydrogens is 374 g/mol. The third-order valence-corrected chi connectivity index (χ3v) is 4.98. The fraction of sp³-hybridized carbons (Fsp3) is 0.450. The van der Waals surface area contributed by atoms with E-state index in [9.17, 15) is 23.2 Å². The summed E-state index contributed by atoms with van der Waals surface area (Å²) in [6.45, 7) is 9.59. The molecule has 0 aromatic heterocycles. The minimum absolute atomic E-state index is 0.255. The van der Waals surface area contributed by atoms with Gasteiger partial charge >= 0.3 is 17.9 Å². The van der Waals surface area contributed by atoms with Gasteiger partial charge in [0.15, 0.2) is 18.2 Å². The summed E-state index contributed by atoms with van der Waals surface area (Å²) >= 11 is 0. The Labute approximate surface area is 161 Å². The molecule has 0 spiro atoms.